The Bertz CT molecular complexity index is 3020. The summed E-state index contributed by atoms with van der Waals surface area (Å²) in [7, 11) is 0. The van der Waals surface area contributed by atoms with Gasteiger partial charge in [0.25, 0.3) is 0 Å². The van der Waals surface area contributed by atoms with Gasteiger partial charge in [0.15, 0.2) is 0 Å². The number of dihydropyridines is 1. The number of rotatable bonds is 8. The van der Waals surface area contributed by atoms with Crippen molar-refractivity contribution in [3.05, 3.63) is 226 Å². The van der Waals surface area contributed by atoms with Gasteiger partial charge in [-0.2, -0.15) is 0 Å². The van der Waals surface area contributed by atoms with Crippen molar-refractivity contribution in [1.82, 2.24) is 10.6 Å². The topological polar surface area (TPSA) is 61.2 Å². The zero-order valence-electron chi connectivity index (χ0n) is 40.7. The summed E-state index contributed by atoms with van der Waals surface area (Å²) in [4.78, 5) is 13.6. The lowest BCUT2D eigenvalue weighted by Gasteiger charge is -2.43. The number of fused-ring (bicyclic) bond motifs is 6. The average Bonchev–Trinajstić information content (AvgIpc) is 3.94. The molecular weight excluding hydrogens is 855 g/mol. The first-order chi connectivity index (χ1) is 34.5. The van der Waals surface area contributed by atoms with E-state index in [1.807, 2.05) is 0 Å². The Kier molecular flexibility index (Phi) is 11.1. The van der Waals surface area contributed by atoms with Crippen LogP contribution in [0.3, 0.4) is 0 Å². The van der Waals surface area contributed by atoms with Crippen LogP contribution in [0.2, 0.25) is 0 Å². The fraction of sp³-hybridized carbons (Fsp3) is 0.344. The lowest BCUT2D eigenvalue weighted by atomic mass is 9.67. The molecule has 4 aliphatic heterocycles. The first-order valence-electron chi connectivity index (χ1n) is 26.6. The second-order valence-corrected chi connectivity index (χ2v) is 21.3. The number of benzene rings is 2. The minimum absolute atomic E-state index is 0.0197. The molecule has 11 aliphatic rings. The van der Waals surface area contributed by atoms with Crippen LogP contribution in [-0.2, 0) is 4.74 Å². The van der Waals surface area contributed by atoms with Crippen molar-refractivity contribution in [1.29, 1.82) is 0 Å². The summed E-state index contributed by atoms with van der Waals surface area (Å²) in [5.41, 5.74) is 14.9. The molecule has 70 heavy (non-hydrogen) atoms. The Morgan fingerprint density at radius 2 is 1.60 bits per heavy atom. The Balaban J connectivity index is 0.954. The molecule has 4 heterocycles. The van der Waals surface area contributed by atoms with Crippen LogP contribution in [0.5, 0.6) is 0 Å². The number of hydrogen-bond donors (Lipinski definition) is 2. The molecule has 7 aliphatic carbocycles. The first-order valence-corrected chi connectivity index (χ1v) is 26.6. The van der Waals surface area contributed by atoms with Gasteiger partial charge in [-0.1, -0.05) is 140 Å². The maximum atomic E-state index is 7.79. The molecule has 6 nitrogen and oxygen atoms in total. The molecule has 0 saturated carbocycles. The summed E-state index contributed by atoms with van der Waals surface area (Å²) >= 11 is 0. The lowest BCUT2D eigenvalue weighted by molar-refractivity contribution is -0.00523. The molecule has 352 valence electrons. The van der Waals surface area contributed by atoms with Crippen molar-refractivity contribution in [2.45, 2.75) is 114 Å². The third-order valence-corrected chi connectivity index (χ3v) is 17.0. The highest BCUT2D eigenvalue weighted by molar-refractivity contribution is 6.09. The molecule has 0 fully saturated rings. The Labute approximate surface area is 415 Å². The van der Waals surface area contributed by atoms with Crippen LogP contribution in [0.1, 0.15) is 96.0 Å². The molecule has 2 N–H and O–H groups in total. The Morgan fingerprint density at radius 1 is 0.729 bits per heavy atom. The summed E-state index contributed by atoms with van der Waals surface area (Å²) in [6, 6.07) is 20.1. The molecule has 2 aromatic rings. The summed E-state index contributed by atoms with van der Waals surface area (Å²) in [5, 5.41) is 8.29. The normalized spacial score (nSPS) is 32.7. The highest BCUT2D eigenvalue weighted by atomic mass is 16.5. The van der Waals surface area contributed by atoms with Crippen molar-refractivity contribution in [2.75, 3.05) is 4.90 Å². The van der Waals surface area contributed by atoms with E-state index in [-0.39, 0.29) is 36.0 Å². The van der Waals surface area contributed by atoms with Gasteiger partial charge in [0.05, 0.1) is 17.7 Å². The van der Waals surface area contributed by atoms with Gasteiger partial charge in [0.1, 0.15) is 29.2 Å². The van der Waals surface area contributed by atoms with E-state index in [1.165, 1.54) is 68.8 Å². The summed E-state index contributed by atoms with van der Waals surface area (Å²) in [5.74, 6) is 4.25. The molecule has 2 aromatic carbocycles. The van der Waals surface area contributed by atoms with Gasteiger partial charge in [-0.3, -0.25) is 0 Å². The number of ether oxygens (including phenoxy) is 1. The number of allylic oxidation sites excluding steroid dienone is 16. The second-order valence-electron chi connectivity index (χ2n) is 21.3. The summed E-state index contributed by atoms with van der Waals surface area (Å²) < 4.78 is 7.79. The van der Waals surface area contributed by atoms with E-state index in [0.717, 1.165) is 86.5 Å². The Hall–Kier alpha value is -6.66. The zero-order chi connectivity index (χ0) is 46.8. The molecule has 6 heteroatoms. The standard InChI is InChI=1S/C64H65N5O/c1-41-52(53-39-46(42-21-8-3-9-22-42)35-36-48(53)43-23-10-4-11-24-43)40-54(63-67-61(44-25-12-5-13-26-44)66-62(68-63)45-27-14-6-15-28-45)59(65-41)51-33-20-32-49-55-37-38-57-58(64(55,2)70-60(49)51)50-31-18-19-34-56(50)69(57)47-29-16-7-17-30-47/h3,5,7-10,12-13,16-19,21,23-25,27,29-31,33-34,36-42,44,46,55,57-58,63,65H,4,6,11,14-15,20,22,26,28,32,35H2,1-2H3,(H,66,67,68). The number of hydrogen-bond acceptors (Lipinski definition) is 6. The van der Waals surface area contributed by atoms with Crippen molar-refractivity contribution in [3.63, 3.8) is 0 Å². The number of nitrogens with one attached hydrogen (secondary N) is 2. The van der Waals surface area contributed by atoms with Crippen LogP contribution >= 0.6 is 0 Å². The van der Waals surface area contributed by atoms with Gasteiger partial charge < -0.3 is 20.3 Å². The van der Waals surface area contributed by atoms with E-state index in [4.69, 9.17) is 14.7 Å². The van der Waals surface area contributed by atoms with Gasteiger partial charge in [-0.25, -0.2) is 9.98 Å². The number of nitrogens with zero attached hydrogens (tertiary/aromatic N) is 3. The number of anilines is 2. The van der Waals surface area contributed by atoms with E-state index in [2.05, 4.69) is 193 Å². The van der Waals surface area contributed by atoms with Gasteiger partial charge in [0, 0.05) is 40.4 Å². The third kappa shape index (κ3) is 7.43. The van der Waals surface area contributed by atoms with Crippen LogP contribution < -0.4 is 15.5 Å². The molecule has 0 aromatic heterocycles. The molecule has 9 atom stereocenters. The van der Waals surface area contributed by atoms with Crippen LogP contribution in [-0.4, -0.2) is 35.5 Å². The predicted molar refractivity (Wildman–Crippen MR) is 288 cm³/mol. The number of para-hydroxylation sites is 2. The minimum Gasteiger partial charge on any atom is -0.485 e. The zero-order valence-corrected chi connectivity index (χ0v) is 40.7. The van der Waals surface area contributed by atoms with Crippen LogP contribution in [0.4, 0.5) is 11.4 Å². The Morgan fingerprint density at radius 3 is 2.41 bits per heavy atom. The van der Waals surface area contributed by atoms with E-state index in [1.54, 1.807) is 0 Å². The average molecular weight is 920 g/mol. The van der Waals surface area contributed by atoms with Crippen LogP contribution in [0, 0.1) is 23.7 Å². The molecule has 13 rings (SSSR count). The quantitative estimate of drug-likeness (QED) is 0.259. The van der Waals surface area contributed by atoms with E-state index < -0.39 is 5.60 Å². The van der Waals surface area contributed by atoms with Gasteiger partial charge in [-0.05, 0) is 160 Å². The monoisotopic (exact) mass is 920 g/mol. The second kappa shape index (κ2) is 17.9. The fourth-order valence-corrected chi connectivity index (χ4v) is 13.6. The van der Waals surface area contributed by atoms with Crippen LogP contribution in [0.15, 0.2) is 230 Å². The molecule has 0 radical (unpaired) electrons. The minimum atomic E-state index is -0.483. The fourth-order valence-electron chi connectivity index (χ4n) is 13.6. The summed E-state index contributed by atoms with van der Waals surface area (Å²) in [6.07, 6.45) is 54.1. The molecular formula is C64H65N5O. The summed E-state index contributed by atoms with van der Waals surface area (Å²) in [6.45, 7) is 4.78. The molecule has 0 saturated heterocycles. The van der Waals surface area contributed by atoms with Crippen molar-refractivity contribution >= 4 is 23.0 Å². The predicted octanol–water partition coefficient (Wildman–Crippen LogP) is 14.1. The molecule has 0 bridgehead atoms. The van der Waals surface area contributed by atoms with Crippen molar-refractivity contribution < 1.29 is 4.74 Å². The smallest absolute Gasteiger partial charge is 0.149 e. The third-order valence-electron chi connectivity index (χ3n) is 17.0. The maximum absolute atomic E-state index is 7.79. The molecule has 0 spiro atoms. The van der Waals surface area contributed by atoms with E-state index in [9.17, 15) is 0 Å². The van der Waals surface area contributed by atoms with Crippen LogP contribution in [0.25, 0.3) is 0 Å². The van der Waals surface area contributed by atoms with Gasteiger partial charge >= 0.3 is 0 Å². The number of aliphatic imine (C=N–C) groups is 2. The highest BCUT2D eigenvalue weighted by Gasteiger charge is 2.59. The molecule has 0 amide bonds. The SMILES string of the molecule is CC1NC(C2=CCCC3=C2OC2(C)C3C=CC3C2c2ccccc2N3c2ccccc2)=C(C2N=C(C3C=CC=CC3)N=C(C3=CCCCC3)N2)C=C1C1=CC(C2C=CC=CC2)CC=C1C1=CCCC=C1. The maximum Gasteiger partial charge on any atom is 0.149 e. The van der Waals surface area contributed by atoms with E-state index in [0.29, 0.717) is 11.8 Å². The van der Waals surface area contributed by atoms with Crippen molar-refractivity contribution in [3.8, 4) is 0 Å². The lowest BCUT2D eigenvalue weighted by Crippen LogP contribution is -2.48. The highest BCUT2D eigenvalue weighted by Crippen LogP contribution is 2.62. The van der Waals surface area contributed by atoms with Gasteiger partial charge in [-0.15, -0.1) is 0 Å². The van der Waals surface area contributed by atoms with E-state index >= 15 is 0 Å². The van der Waals surface area contributed by atoms with Crippen molar-refractivity contribution in [2.24, 2.45) is 33.7 Å². The molecule has 9 unspecified atom stereocenters. The number of amidine groups is 2. The first kappa shape index (κ1) is 43.4. The largest absolute Gasteiger partial charge is 0.485 e. The van der Waals surface area contributed by atoms with Gasteiger partial charge in [0.2, 0.25) is 0 Å².